The van der Waals surface area contributed by atoms with E-state index in [9.17, 15) is 14.4 Å². The number of hydrogen-bond donors (Lipinski definition) is 2. The van der Waals surface area contributed by atoms with Crippen LogP contribution >= 0.6 is 0 Å². The molecule has 2 amide bonds. The van der Waals surface area contributed by atoms with Gasteiger partial charge in [0.25, 0.3) is 0 Å². The molecule has 2 saturated heterocycles. The zero-order valence-corrected chi connectivity index (χ0v) is 18.0. The maximum Gasteiger partial charge on any atom is 0.229 e. The van der Waals surface area contributed by atoms with Gasteiger partial charge in [-0.1, -0.05) is 12.7 Å². The Morgan fingerprint density at radius 3 is 2.58 bits per heavy atom. The summed E-state index contributed by atoms with van der Waals surface area (Å²) < 4.78 is 5.42. The van der Waals surface area contributed by atoms with E-state index in [1.165, 1.54) is 0 Å². The normalized spacial score (nSPS) is 22.2. The van der Waals surface area contributed by atoms with Crippen molar-refractivity contribution in [3.63, 3.8) is 0 Å². The largest absolute Gasteiger partial charge is 0.451 e. The number of nitrogens with zero attached hydrogens (tertiary/aromatic N) is 2. The fourth-order valence-corrected chi connectivity index (χ4v) is 4.93. The molecule has 1 aromatic rings. The van der Waals surface area contributed by atoms with Gasteiger partial charge in [-0.25, -0.2) is 0 Å². The molecule has 2 N–H and O–H groups in total. The molecule has 1 atom stereocenters. The van der Waals surface area contributed by atoms with Crippen LogP contribution in [-0.4, -0.2) is 72.9 Å². The van der Waals surface area contributed by atoms with Crippen LogP contribution in [0.1, 0.15) is 48.1 Å². The molecule has 166 valence electrons. The van der Waals surface area contributed by atoms with Gasteiger partial charge in [-0.3, -0.25) is 14.4 Å². The molecule has 1 saturated carbocycles. The van der Waals surface area contributed by atoms with Crippen LogP contribution in [0.5, 0.6) is 0 Å². The van der Waals surface area contributed by atoms with E-state index in [2.05, 4.69) is 11.9 Å². The molecular formula is C23H30N4O4. The summed E-state index contributed by atoms with van der Waals surface area (Å²) in [5, 5.41) is 10.6. The van der Waals surface area contributed by atoms with Gasteiger partial charge in [0.2, 0.25) is 17.6 Å². The van der Waals surface area contributed by atoms with Gasteiger partial charge in [0.1, 0.15) is 0 Å². The van der Waals surface area contributed by atoms with Crippen molar-refractivity contribution in [2.75, 3.05) is 39.3 Å². The van der Waals surface area contributed by atoms with E-state index < -0.39 is 0 Å². The number of furan rings is 1. The van der Waals surface area contributed by atoms with E-state index in [4.69, 9.17) is 9.83 Å². The van der Waals surface area contributed by atoms with Crippen molar-refractivity contribution in [3.05, 3.63) is 29.7 Å². The minimum atomic E-state index is -0.133. The highest BCUT2D eigenvalue weighted by Gasteiger charge is 2.55. The molecule has 4 rings (SSSR count). The van der Waals surface area contributed by atoms with Crippen LogP contribution in [0.2, 0.25) is 0 Å². The molecule has 3 aliphatic rings. The number of likely N-dealkylation sites (tertiary alicyclic amines) is 2. The zero-order chi connectivity index (χ0) is 22.2. The third kappa shape index (κ3) is 4.21. The molecule has 0 bridgehead atoms. The molecule has 0 radical (unpaired) electrons. The van der Waals surface area contributed by atoms with Crippen molar-refractivity contribution in [2.45, 2.75) is 26.2 Å². The highest BCUT2D eigenvalue weighted by atomic mass is 16.3. The van der Waals surface area contributed by atoms with Crippen molar-refractivity contribution in [1.29, 1.82) is 5.41 Å². The lowest BCUT2D eigenvalue weighted by molar-refractivity contribution is -0.148. The second-order valence-electron chi connectivity index (χ2n) is 9.04. The van der Waals surface area contributed by atoms with E-state index in [1.54, 1.807) is 24.0 Å². The molecular weight excluding hydrogens is 396 g/mol. The summed E-state index contributed by atoms with van der Waals surface area (Å²) >= 11 is 0. The zero-order valence-electron chi connectivity index (χ0n) is 18.0. The van der Waals surface area contributed by atoms with Crippen molar-refractivity contribution in [1.82, 2.24) is 15.1 Å². The van der Waals surface area contributed by atoms with Crippen molar-refractivity contribution in [3.8, 4) is 0 Å². The van der Waals surface area contributed by atoms with Crippen LogP contribution in [0.4, 0.5) is 0 Å². The summed E-state index contributed by atoms with van der Waals surface area (Å²) in [6.07, 6.45) is 5.80. The van der Waals surface area contributed by atoms with E-state index in [1.807, 2.05) is 4.90 Å². The summed E-state index contributed by atoms with van der Waals surface area (Å²) in [6, 6.07) is 1.63. The number of carbonyl (C=O) groups excluding carboxylic acids is 3. The van der Waals surface area contributed by atoms with Crippen LogP contribution in [0.15, 0.2) is 17.1 Å². The lowest BCUT2D eigenvalue weighted by Gasteiger charge is -2.42. The summed E-state index contributed by atoms with van der Waals surface area (Å²) in [5.41, 5.74) is 0.947. The summed E-state index contributed by atoms with van der Waals surface area (Å²) in [5.74, 6) is 1.19. The van der Waals surface area contributed by atoms with E-state index in [0.717, 1.165) is 45.1 Å². The minimum absolute atomic E-state index is 0.0306. The van der Waals surface area contributed by atoms with Gasteiger partial charge >= 0.3 is 0 Å². The van der Waals surface area contributed by atoms with E-state index in [0.29, 0.717) is 35.7 Å². The number of carbonyl (C=O) groups is 3. The first kappa shape index (κ1) is 21.5. The van der Waals surface area contributed by atoms with Crippen LogP contribution in [-0.2, 0) is 9.59 Å². The van der Waals surface area contributed by atoms with Crippen molar-refractivity contribution >= 4 is 29.9 Å². The first-order chi connectivity index (χ1) is 14.9. The number of Topliss-reactive ketones (excluding diaryl/α,β-unsaturated/α-hetero) is 1. The molecule has 1 aromatic heterocycles. The van der Waals surface area contributed by atoms with Gasteiger partial charge in [0.15, 0.2) is 11.5 Å². The summed E-state index contributed by atoms with van der Waals surface area (Å²) in [4.78, 5) is 40.0. The van der Waals surface area contributed by atoms with Crippen LogP contribution in [0.25, 0.3) is 6.08 Å². The van der Waals surface area contributed by atoms with Gasteiger partial charge in [0, 0.05) is 38.7 Å². The Bertz CT molecular complexity index is 881. The molecule has 8 heteroatoms. The van der Waals surface area contributed by atoms with Crippen molar-refractivity contribution in [2.24, 2.45) is 17.3 Å². The number of ketones is 1. The smallest absolute Gasteiger partial charge is 0.229 e. The molecule has 1 aliphatic carbocycles. The average Bonchev–Trinajstić information content (AvgIpc) is 3.20. The Morgan fingerprint density at radius 2 is 2.00 bits per heavy atom. The van der Waals surface area contributed by atoms with E-state index in [-0.39, 0.29) is 35.8 Å². The maximum atomic E-state index is 12.6. The van der Waals surface area contributed by atoms with Gasteiger partial charge in [0.05, 0.1) is 18.7 Å². The molecule has 1 unspecified atom stereocenters. The number of hydrogen-bond acceptors (Lipinski definition) is 6. The predicted octanol–water partition coefficient (Wildman–Crippen LogP) is 1.80. The standard InChI is InChI=1S/C23H30N4O4/c1-3-16-8-20(31-21(16)10-24)19(29)12-25-11-18-9-23(18)4-6-26(7-5-23)22(30)17-13-27(14-17)15(2)28/h3,8,10,17-18,24-25H,1,4-7,9,11-14H2,2H3. The Hall–Kier alpha value is -2.74. The third-order valence-corrected chi connectivity index (χ3v) is 7.20. The van der Waals surface area contributed by atoms with Gasteiger partial charge in [-0.15, -0.1) is 0 Å². The number of rotatable bonds is 8. The third-order valence-electron chi connectivity index (χ3n) is 7.20. The predicted molar refractivity (Wildman–Crippen MR) is 116 cm³/mol. The Kier molecular flexibility index (Phi) is 5.83. The molecule has 0 aromatic carbocycles. The number of piperidine rings is 1. The second-order valence-corrected chi connectivity index (χ2v) is 9.04. The Balaban J connectivity index is 1.18. The highest BCUT2D eigenvalue weighted by Crippen LogP contribution is 2.59. The maximum absolute atomic E-state index is 12.6. The highest BCUT2D eigenvalue weighted by molar-refractivity contribution is 5.97. The first-order valence-corrected chi connectivity index (χ1v) is 10.9. The SMILES string of the molecule is C=Cc1cc(C(=O)CNCC2CC23CCN(C(=O)C2CN(C(C)=O)C2)CC3)oc1C=N. The minimum Gasteiger partial charge on any atom is -0.451 e. The topological polar surface area (TPSA) is 107 Å². The van der Waals surface area contributed by atoms with Gasteiger partial charge in [-0.2, -0.15) is 0 Å². The number of nitrogens with one attached hydrogen (secondary N) is 2. The molecule has 1 spiro atoms. The first-order valence-electron chi connectivity index (χ1n) is 10.9. The molecule has 31 heavy (non-hydrogen) atoms. The van der Waals surface area contributed by atoms with Gasteiger partial charge in [-0.05, 0) is 43.2 Å². The second kappa shape index (κ2) is 8.42. The fourth-order valence-electron chi connectivity index (χ4n) is 4.93. The Labute approximate surface area is 182 Å². The van der Waals surface area contributed by atoms with Crippen LogP contribution in [0.3, 0.4) is 0 Å². The van der Waals surface area contributed by atoms with E-state index >= 15 is 0 Å². The quantitative estimate of drug-likeness (QED) is 0.487. The Morgan fingerprint density at radius 1 is 1.29 bits per heavy atom. The molecule has 8 nitrogen and oxygen atoms in total. The molecule has 3 heterocycles. The van der Waals surface area contributed by atoms with Crippen LogP contribution in [0, 0.1) is 22.7 Å². The number of amides is 2. The monoisotopic (exact) mass is 426 g/mol. The average molecular weight is 427 g/mol. The lowest BCUT2D eigenvalue weighted by atomic mass is 9.89. The van der Waals surface area contributed by atoms with Gasteiger partial charge < -0.3 is 24.9 Å². The molecule has 2 aliphatic heterocycles. The summed E-state index contributed by atoms with van der Waals surface area (Å²) in [7, 11) is 0. The van der Waals surface area contributed by atoms with Crippen molar-refractivity contribution < 1.29 is 18.8 Å². The van der Waals surface area contributed by atoms with Crippen LogP contribution < -0.4 is 5.32 Å². The lowest BCUT2D eigenvalue weighted by Crippen LogP contribution is -2.57. The summed E-state index contributed by atoms with van der Waals surface area (Å²) in [6.45, 7) is 8.88. The molecule has 3 fully saturated rings. The fraction of sp³-hybridized carbons (Fsp3) is 0.565.